The summed E-state index contributed by atoms with van der Waals surface area (Å²) in [7, 11) is 1.49. The number of aromatic nitrogens is 2. The second kappa shape index (κ2) is 5.97. The van der Waals surface area contributed by atoms with Gasteiger partial charge in [-0.2, -0.15) is 5.10 Å². The first-order valence-corrected chi connectivity index (χ1v) is 6.68. The molecule has 2 amide bonds. The highest BCUT2D eigenvalue weighted by Crippen LogP contribution is 2.22. The second-order valence-corrected chi connectivity index (χ2v) is 4.97. The Morgan fingerprint density at radius 1 is 1.38 bits per heavy atom. The predicted molar refractivity (Wildman–Crippen MR) is 79.4 cm³/mol. The van der Waals surface area contributed by atoms with Gasteiger partial charge in [-0.05, 0) is 24.6 Å². The lowest BCUT2D eigenvalue weighted by Gasteiger charge is -2.15. The normalized spacial score (nSPS) is 12.0. The van der Waals surface area contributed by atoms with E-state index in [0.29, 0.717) is 5.02 Å². The standard InChI is InChI=1S/C14H15ClN4O2/c1-8(9-4-3-5-10(15)6-9)19-12(13(16)20)7-11(18-19)14(21)17-2/h3-8H,1-2H3,(H2,16,20)(H,17,21)/t8-/m0/s1. The van der Waals surface area contributed by atoms with E-state index < -0.39 is 5.91 Å². The molecule has 0 radical (unpaired) electrons. The van der Waals surface area contributed by atoms with Gasteiger partial charge in [0, 0.05) is 18.1 Å². The second-order valence-electron chi connectivity index (χ2n) is 4.53. The molecule has 1 aromatic heterocycles. The first-order chi connectivity index (χ1) is 9.93. The van der Waals surface area contributed by atoms with Crippen molar-refractivity contribution in [3.63, 3.8) is 0 Å². The Morgan fingerprint density at radius 2 is 2.10 bits per heavy atom. The van der Waals surface area contributed by atoms with Crippen LogP contribution in [0.4, 0.5) is 0 Å². The van der Waals surface area contributed by atoms with Crippen LogP contribution in [0, 0.1) is 0 Å². The number of carbonyl (C=O) groups is 2. The zero-order valence-corrected chi connectivity index (χ0v) is 12.4. The van der Waals surface area contributed by atoms with Crippen LogP contribution in [0.1, 0.15) is 39.5 Å². The molecule has 0 saturated heterocycles. The number of nitrogens with zero attached hydrogens (tertiary/aromatic N) is 2. The van der Waals surface area contributed by atoms with E-state index in [4.69, 9.17) is 17.3 Å². The van der Waals surface area contributed by atoms with Crippen LogP contribution in [0.5, 0.6) is 0 Å². The molecule has 0 bridgehead atoms. The summed E-state index contributed by atoms with van der Waals surface area (Å²) in [4.78, 5) is 23.2. The third-order valence-corrected chi connectivity index (χ3v) is 3.38. The summed E-state index contributed by atoms with van der Waals surface area (Å²) >= 11 is 5.97. The van der Waals surface area contributed by atoms with Crippen molar-refractivity contribution in [2.24, 2.45) is 5.73 Å². The van der Waals surface area contributed by atoms with Gasteiger partial charge in [0.1, 0.15) is 5.69 Å². The summed E-state index contributed by atoms with van der Waals surface area (Å²) < 4.78 is 1.43. The molecular weight excluding hydrogens is 292 g/mol. The maximum absolute atomic E-state index is 11.7. The van der Waals surface area contributed by atoms with E-state index in [2.05, 4.69) is 10.4 Å². The minimum absolute atomic E-state index is 0.139. The summed E-state index contributed by atoms with van der Waals surface area (Å²) in [5.74, 6) is -1.03. The number of amides is 2. The van der Waals surface area contributed by atoms with Crippen molar-refractivity contribution in [1.82, 2.24) is 15.1 Å². The van der Waals surface area contributed by atoms with E-state index in [0.717, 1.165) is 5.56 Å². The van der Waals surface area contributed by atoms with Crippen molar-refractivity contribution in [3.8, 4) is 0 Å². The zero-order chi connectivity index (χ0) is 15.6. The number of primary amides is 1. The van der Waals surface area contributed by atoms with Crippen LogP contribution in [0.2, 0.25) is 5.02 Å². The van der Waals surface area contributed by atoms with E-state index >= 15 is 0 Å². The van der Waals surface area contributed by atoms with Gasteiger partial charge < -0.3 is 11.1 Å². The van der Waals surface area contributed by atoms with Gasteiger partial charge in [0.05, 0.1) is 6.04 Å². The zero-order valence-electron chi connectivity index (χ0n) is 11.6. The lowest BCUT2D eigenvalue weighted by atomic mass is 10.1. The molecule has 2 aromatic rings. The maximum atomic E-state index is 11.7. The lowest BCUT2D eigenvalue weighted by Crippen LogP contribution is -2.21. The van der Waals surface area contributed by atoms with Crippen molar-refractivity contribution >= 4 is 23.4 Å². The first-order valence-electron chi connectivity index (χ1n) is 6.31. The number of hydrogen-bond donors (Lipinski definition) is 2. The van der Waals surface area contributed by atoms with Crippen LogP contribution in [0.3, 0.4) is 0 Å². The Bertz CT molecular complexity index is 696. The van der Waals surface area contributed by atoms with Gasteiger partial charge in [-0.1, -0.05) is 23.7 Å². The fourth-order valence-electron chi connectivity index (χ4n) is 2.02. The van der Waals surface area contributed by atoms with Crippen LogP contribution in [0.15, 0.2) is 30.3 Å². The van der Waals surface area contributed by atoms with Crippen molar-refractivity contribution in [3.05, 3.63) is 52.3 Å². The number of nitrogens with two attached hydrogens (primary N) is 1. The molecule has 0 aliphatic rings. The quantitative estimate of drug-likeness (QED) is 0.899. The average Bonchev–Trinajstić information content (AvgIpc) is 2.91. The summed E-state index contributed by atoms with van der Waals surface area (Å²) in [5.41, 5.74) is 6.52. The molecule has 0 aliphatic heterocycles. The third-order valence-electron chi connectivity index (χ3n) is 3.15. The van der Waals surface area contributed by atoms with Crippen LogP contribution in [0.25, 0.3) is 0 Å². The molecule has 0 aliphatic carbocycles. The van der Waals surface area contributed by atoms with Crippen molar-refractivity contribution < 1.29 is 9.59 Å². The highest BCUT2D eigenvalue weighted by molar-refractivity contribution is 6.30. The molecule has 7 heteroatoms. The fraction of sp³-hybridized carbons (Fsp3) is 0.214. The Kier molecular flexibility index (Phi) is 4.28. The maximum Gasteiger partial charge on any atom is 0.271 e. The Hall–Kier alpha value is -2.34. The van der Waals surface area contributed by atoms with E-state index in [1.165, 1.54) is 17.8 Å². The number of carbonyl (C=O) groups excluding carboxylic acids is 2. The van der Waals surface area contributed by atoms with Gasteiger partial charge in [-0.3, -0.25) is 14.3 Å². The summed E-state index contributed by atoms with van der Waals surface area (Å²) in [6, 6.07) is 8.29. The van der Waals surface area contributed by atoms with Gasteiger partial charge in [0.25, 0.3) is 11.8 Å². The lowest BCUT2D eigenvalue weighted by molar-refractivity contribution is 0.0955. The van der Waals surface area contributed by atoms with Crippen LogP contribution in [-0.2, 0) is 0 Å². The summed E-state index contributed by atoms with van der Waals surface area (Å²) in [6.45, 7) is 1.85. The van der Waals surface area contributed by atoms with Gasteiger partial charge in [0.2, 0.25) is 0 Å². The number of halogens is 1. The molecule has 1 aromatic carbocycles. The minimum Gasteiger partial charge on any atom is -0.364 e. The number of rotatable bonds is 4. The molecule has 2 rings (SSSR count). The monoisotopic (exact) mass is 306 g/mol. The van der Waals surface area contributed by atoms with E-state index in [-0.39, 0.29) is 23.3 Å². The van der Waals surface area contributed by atoms with Gasteiger partial charge >= 0.3 is 0 Å². The van der Waals surface area contributed by atoms with Gasteiger partial charge in [-0.25, -0.2) is 0 Å². The average molecular weight is 307 g/mol. The smallest absolute Gasteiger partial charge is 0.271 e. The molecule has 0 fully saturated rings. The van der Waals surface area contributed by atoms with E-state index in [1.807, 2.05) is 13.0 Å². The molecule has 0 spiro atoms. The minimum atomic E-state index is -0.647. The van der Waals surface area contributed by atoms with E-state index in [1.54, 1.807) is 18.2 Å². The van der Waals surface area contributed by atoms with Crippen LogP contribution < -0.4 is 11.1 Å². The largest absolute Gasteiger partial charge is 0.364 e. The molecule has 0 saturated carbocycles. The van der Waals surface area contributed by atoms with Crippen LogP contribution in [-0.4, -0.2) is 28.6 Å². The SMILES string of the molecule is CNC(=O)c1cc(C(N)=O)n([C@@H](C)c2cccc(Cl)c2)n1. The molecule has 1 atom stereocenters. The third kappa shape index (κ3) is 3.05. The first kappa shape index (κ1) is 15.1. The van der Waals surface area contributed by atoms with Gasteiger partial charge in [0.15, 0.2) is 5.69 Å². The molecular formula is C14H15ClN4O2. The number of nitrogens with one attached hydrogen (secondary N) is 1. The predicted octanol–water partition coefficient (Wildman–Crippen LogP) is 1.60. The van der Waals surface area contributed by atoms with Crippen molar-refractivity contribution in [2.45, 2.75) is 13.0 Å². The van der Waals surface area contributed by atoms with Crippen molar-refractivity contribution in [1.29, 1.82) is 0 Å². The van der Waals surface area contributed by atoms with Crippen molar-refractivity contribution in [2.75, 3.05) is 7.05 Å². The summed E-state index contributed by atoms with van der Waals surface area (Å²) in [6.07, 6.45) is 0. The molecule has 0 unspecified atom stereocenters. The van der Waals surface area contributed by atoms with E-state index in [9.17, 15) is 9.59 Å². The Balaban J connectivity index is 2.49. The molecule has 21 heavy (non-hydrogen) atoms. The highest BCUT2D eigenvalue weighted by atomic mass is 35.5. The topological polar surface area (TPSA) is 90.0 Å². The number of benzene rings is 1. The molecule has 110 valence electrons. The fourth-order valence-corrected chi connectivity index (χ4v) is 2.22. The van der Waals surface area contributed by atoms with Crippen LogP contribution >= 0.6 is 11.6 Å². The molecule has 3 N–H and O–H groups in total. The number of hydrogen-bond acceptors (Lipinski definition) is 3. The Labute approximate surface area is 126 Å². The Morgan fingerprint density at radius 3 is 2.67 bits per heavy atom. The highest BCUT2D eigenvalue weighted by Gasteiger charge is 2.21. The summed E-state index contributed by atoms with van der Waals surface area (Å²) in [5, 5.41) is 7.21. The molecule has 6 nitrogen and oxygen atoms in total. The molecule has 1 heterocycles. The van der Waals surface area contributed by atoms with Gasteiger partial charge in [-0.15, -0.1) is 0 Å².